The fraction of sp³-hybridized carbons (Fsp3) is 0.938. The first-order valence-electron chi connectivity index (χ1n) is 8.57. The largest absolute Gasteiger partial charge is 0.365 e. The maximum atomic E-state index is 12.5. The molecule has 5 heteroatoms. The molecule has 2 aliphatic heterocycles. The van der Waals surface area contributed by atoms with Gasteiger partial charge in [0.05, 0.1) is 6.10 Å². The second-order valence-corrected chi connectivity index (χ2v) is 6.38. The molecule has 2 saturated heterocycles. The minimum atomic E-state index is -0.184. The summed E-state index contributed by atoms with van der Waals surface area (Å²) in [6.45, 7) is 7.82. The van der Waals surface area contributed by atoms with Crippen LogP contribution in [0.25, 0.3) is 0 Å². The van der Waals surface area contributed by atoms with Crippen molar-refractivity contribution in [1.29, 1.82) is 0 Å². The maximum absolute atomic E-state index is 12.5. The number of amides is 1. The number of hydrogen-bond donors (Lipinski definition) is 1. The molecule has 0 aliphatic carbocycles. The molecule has 0 saturated carbocycles. The Hall–Kier alpha value is -0.650. The zero-order valence-electron chi connectivity index (χ0n) is 13.4. The van der Waals surface area contributed by atoms with E-state index >= 15 is 0 Å². The molecule has 2 N–H and O–H groups in total. The van der Waals surface area contributed by atoms with Crippen LogP contribution in [0.4, 0.5) is 0 Å². The van der Waals surface area contributed by atoms with Crippen LogP contribution in [0, 0.1) is 0 Å². The van der Waals surface area contributed by atoms with Gasteiger partial charge in [-0.15, -0.1) is 0 Å². The summed E-state index contributed by atoms with van der Waals surface area (Å²) in [7, 11) is 0. The molecule has 2 fully saturated rings. The van der Waals surface area contributed by atoms with Gasteiger partial charge in [-0.3, -0.25) is 4.79 Å². The van der Waals surface area contributed by atoms with Crippen molar-refractivity contribution in [3.63, 3.8) is 0 Å². The molecule has 0 radical (unpaired) electrons. The molecule has 0 spiro atoms. The number of nitrogens with zero attached hydrogens (tertiary/aromatic N) is 2. The summed E-state index contributed by atoms with van der Waals surface area (Å²) in [6, 6.07) is 0. The van der Waals surface area contributed by atoms with Gasteiger partial charge in [0.1, 0.15) is 6.10 Å². The standard InChI is InChI=1S/C16H31N3O2/c1-14-6-7-15(21-14)16(20)19-11-5-10-18(12-13-19)9-4-2-3-8-17/h14-15H,2-13,17H2,1H3. The monoisotopic (exact) mass is 297 g/mol. The van der Waals surface area contributed by atoms with Gasteiger partial charge in [-0.1, -0.05) is 6.42 Å². The number of unbranched alkanes of at least 4 members (excludes halogenated alkanes) is 2. The molecule has 2 atom stereocenters. The van der Waals surface area contributed by atoms with Crippen molar-refractivity contribution >= 4 is 5.91 Å². The zero-order chi connectivity index (χ0) is 15.1. The van der Waals surface area contributed by atoms with Crippen molar-refractivity contribution in [1.82, 2.24) is 9.80 Å². The Morgan fingerprint density at radius 2 is 2.00 bits per heavy atom. The summed E-state index contributed by atoms with van der Waals surface area (Å²) >= 11 is 0. The van der Waals surface area contributed by atoms with Gasteiger partial charge in [-0.05, 0) is 58.7 Å². The number of nitrogens with two attached hydrogens (primary N) is 1. The maximum Gasteiger partial charge on any atom is 0.251 e. The van der Waals surface area contributed by atoms with Crippen LogP contribution in [-0.4, -0.2) is 67.2 Å². The van der Waals surface area contributed by atoms with E-state index in [9.17, 15) is 4.79 Å². The van der Waals surface area contributed by atoms with E-state index in [1.165, 1.54) is 12.8 Å². The van der Waals surface area contributed by atoms with Crippen molar-refractivity contribution in [3.05, 3.63) is 0 Å². The molecule has 5 nitrogen and oxygen atoms in total. The van der Waals surface area contributed by atoms with Gasteiger partial charge < -0.3 is 20.3 Å². The molecular formula is C16H31N3O2. The third-order valence-corrected chi connectivity index (χ3v) is 4.59. The van der Waals surface area contributed by atoms with Gasteiger partial charge in [-0.25, -0.2) is 0 Å². The van der Waals surface area contributed by atoms with Crippen molar-refractivity contribution in [3.8, 4) is 0 Å². The second kappa shape index (κ2) is 8.71. The Labute approximate surface area is 128 Å². The average molecular weight is 297 g/mol. The van der Waals surface area contributed by atoms with E-state index in [1.807, 2.05) is 4.90 Å². The fourth-order valence-electron chi connectivity index (χ4n) is 3.26. The Morgan fingerprint density at radius 3 is 2.71 bits per heavy atom. The Bertz CT molecular complexity index is 325. The number of carbonyl (C=O) groups is 1. The predicted octanol–water partition coefficient (Wildman–Crippen LogP) is 1.22. The lowest BCUT2D eigenvalue weighted by Gasteiger charge is -2.24. The number of hydrogen-bond acceptors (Lipinski definition) is 4. The smallest absolute Gasteiger partial charge is 0.251 e. The highest BCUT2D eigenvalue weighted by atomic mass is 16.5. The molecule has 21 heavy (non-hydrogen) atoms. The van der Waals surface area contributed by atoms with E-state index in [-0.39, 0.29) is 18.1 Å². The van der Waals surface area contributed by atoms with Crippen LogP contribution in [0.3, 0.4) is 0 Å². The van der Waals surface area contributed by atoms with E-state index in [0.717, 1.165) is 65.0 Å². The van der Waals surface area contributed by atoms with Gasteiger partial charge in [0.2, 0.25) is 0 Å². The van der Waals surface area contributed by atoms with Crippen LogP contribution in [0.2, 0.25) is 0 Å². The lowest BCUT2D eigenvalue weighted by atomic mass is 10.2. The highest BCUT2D eigenvalue weighted by molar-refractivity contribution is 5.81. The SMILES string of the molecule is CC1CCC(C(=O)N2CCCN(CCCCCN)CC2)O1. The summed E-state index contributed by atoms with van der Waals surface area (Å²) in [5.41, 5.74) is 5.52. The lowest BCUT2D eigenvalue weighted by Crippen LogP contribution is -2.41. The summed E-state index contributed by atoms with van der Waals surface area (Å²) in [5, 5.41) is 0. The molecule has 2 aliphatic rings. The van der Waals surface area contributed by atoms with Gasteiger partial charge in [0.25, 0.3) is 5.91 Å². The highest BCUT2D eigenvalue weighted by Gasteiger charge is 2.32. The molecule has 0 aromatic carbocycles. The van der Waals surface area contributed by atoms with E-state index < -0.39 is 0 Å². The molecule has 2 rings (SSSR count). The Kier molecular flexibility index (Phi) is 6.93. The molecule has 1 amide bonds. The van der Waals surface area contributed by atoms with Crippen LogP contribution >= 0.6 is 0 Å². The minimum Gasteiger partial charge on any atom is -0.365 e. The van der Waals surface area contributed by atoms with E-state index in [1.54, 1.807) is 0 Å². The third-order valence-electron chi connectivity index (χ3n) is 4.59. The molecule has 122 valence electrons. The van der Waals surface area contributed by atoms with E-state index in [2.05, 4.69) is 11.8 Å². The van der Waals surface area contributed by atoms with E-state index in [0.29, 0.717) is 0 Å². The quantitative estimate of drug-likeness (QED) is 0.749. The summed E-state index contributed by atoms with van der Waals surface area (Å²) in [6.07, 6.45) is 6.58. The Balaban J connectivity index is 1.71. The molecule has 2 heterocycles. The molecule has 0 bridgehead atoms. The normalized spacial score (nSPS) is 27.8. The molecular weight excluding hydrogens is 266 g/mol. The average Bonchev–Trinajstić information content (AvgIpc) is 2.78. The van der Waals surface area contributed by atoms with E-state index in [4.69, 9.17) is 10.5 Å². The second-order valence-electron chi connectivity index (χ2n) is 6.38. The topological polar surface area (TPSA) is 58.8 Å². The van der Waals surface area contributed by atoms with Crippen molar-refractivity contribution < 1.29 is 9.53 Å². The molecule has 2 unspecified atom stereocenters. The Morgan fingerprint density at radius 1 is 1.14 bits per heavy atom. The summed E-state index contributed by atoms with van der Waals surface area (Å²) in [5.74, 6) is 0.212. The van der Waals surface area contributed by atoms with Gasteiger partial charge in [0.15, 0.2) is 0 Å². The van der Waals surface area contributed by atoms with Gasteiger partial charge >= 0.3 is 0 Å². The van der Waals surface area contributed by atoms with Crippen molar-refractivity contribution in [2.45, 2.75) is 57.7 Å². The summed E-state index contributed by atoms with van der Waals surface area (Å²) in [4.78, 5) is 17.0. The first-order valence-corrected chi connectivity index (χ1v) is 8.57. The lowest BCUT2D eigenvalue weighted by molar-refractivity contribution is -0.142. The number of carbonyl (C=O) groups excluding carboxylic acids is 1. The van der Waals surface area contributed by atoms with Gasteiger partial charge in [-0.2, -0.15) is 0 Å². The van der Waals surface area contributed by atoms with Crippen molar-refractivity contribution in [2.24, 2.45) is 5.73 Å². The minimum absolute atomic E-state index is 0.184. The number of rotatable bonds is 6. The zero-order valence-corrected chi connectivity index (χ0v) is 13.4. The number of ether oxygens (including phenoxy) is 1. The first kappa shape index (κ1) is 16.7. The fourth-order valence-corrected chi connectivity index (χ4v) is 3.26. The molecule has 0 aromatic heterocycles. The predicted molar refractivity (Wildman–Crippen MR) is 84.1 cm³/mol. The van der Waals surface area contributed by atoms with Crippen LogP contribution in [0.5, 0.6) is 0 Å². The highest BCUT2D eigenvalue weighted by Crippen LogP contribution is 2.21. The van der Waals surface area contributed by atoms with Crippen LogP contribution in [-0.2, 0) is 9.53 Å². The first-order chi connectivity index (χ1) is 10.2. The third kappa shape index (κ3) is 5.24. The molecule has 0 aromatic rings. The van der Waals surface area contributed by atoms with Gasteiger partial charge in [0, 0.05) is 19.6 Å². The summed E-state index contributed by atoms with van der Waals surface area (Å²) < 4.78 is 5.72. The van der Waals surface area contributed by atoms with Crippen LogP contribution in [0.15, 0.2) is 0 Å². The van der Waals surface area contributed by atoms with Crippen LogP contribution in [0.1, 0.15) is 45.4 Å². The van der Waals surface area contributed by atoms with Crippen LogP contribution < -0.4 is 5.73 Å². The van der Waals surface area contributed by atoms with Crippen molar-refractivity contribution in [2.75, 3.05) is 39.3 Å².